The Balaban J connectivity index is 1.20. The number of carboxylic acid groups (broad SMARTS) is 1. The van der Waals surface area contributed by atoms with Crippen molar-refractivity contribution in [2.24, 2.45) is 5.41 Å². The Hall–Kier alpha value is -5.17. The van der Waals surface area contributed by atoms with Gasteiger partial charge < -0.3 is 25.8 Å². The molecule has 4 heterocycles. The predicted octanol–water partition coefficient (Wildman–Crippen LogP) is 6.09. The lowest BCUT2D eigenvalue weighted by molar-refractivity contribution is -0.198. The molecule has 0 aliphatic carbocycles. The van der Waals surface area contributed by atoms with E-state index in [1.807, 2.05) is 47.4 Å². The molecule has 3 aromatic carbocycles. The van der Waals surface area contributed by atoms with Crippen molar-refractivity contribution in [3.05, 3.63) is 90.3 Å². The first-order chi connectivity index (χ1) is 23.0. The van der Waals surface area contributed by atoms with Crippen LogP contribution in [0.25, 0.3) is 27.6 Å². The second kappa shape index (κ2) is 12.1. The summed E-state index contributed by atoms with van der Waals surface area (Å²) in [5.41, 5.74) is 8.13. The predicted molar refractivity (Wildman–Crippen MR) is 175 cm³/mol. The van der Waals surface area contributed by atoms with Crippen molar-refractivity contribution >= 4 is 28.5 Å². The van der Waals surface area contributed by atoms with E-state index in [9.17, 15) is 23.1 Å². The first-order valence-electron chi connectivity index (χ1n) is 15.7. The van der Waals surface area contributed by atoms with E-state index < -0.39 is 24.3 Å². The molecule has 2 fully saturated rings. The maximum absolute atomic E-state index is 14.9. The number of piperidine rings is 1. The van der Waals surface area contributed by atoms with Crippen LogP contribution in [0.2, 0.25) is 0 Å². The summed E-state index contributed by atoms with van der Waals surface area (Å²) >= 11 is 0. The van der Waals surface area contributed by atoms with Crippen molar-refractivity contribution in [1.29, 1.82) is 0 Å². The Morgan fingerprint density at radius 2 is 1.75 bits per heavy atom. The zero-order valence-electron chi connectivity index (χ0n) is 26.1. The third kappa shape index (κ3) is 6.25. The number of nitrogens with one attached hydrogen (secondary N) is 1. The third-order valence-electron chi connectivity index (χ3n) is 9.41. The molecule has 248 valence electrons. The fourth-order valence-electron chi connectivity index (χ4n) is 6.82. The number of alkyl halides is 3. The van der Waals surface area contributed by atoms with Crippen LogP contribution in [0, 0.1) is 12.3 Å². The zero-order chi connectivity index (χ0) is 33.6. The number of fused-ring (bicyclic) bond motifs is 1. The molecule has 0 radical (unpaired) electrons. The van der Waals surface area contributed by atoms with E-state index in [4.69, 9.17) is 10.5 Å². The van der Waals surface area contributed by atoms with Crippen molar-refractivity contribution in [3.63, 3.8) is 0 Å². The maximum atomic E-state index is 14.9. The summed E-state index contributed by atoms with van der Waals surface area (Å²) in [4.78, 5) is 21.7. The van der Waals surface area contributed by atoms with Gasteiger partial charge in [0, 0.05) is 37.5 Å². The maximum Gasteiger partial charge on any atom is 0.429 e. The fraction of sp³-hybridized carbons (Fsp3) is 0.314. The van der Waals surface area contributed by atoms with Crippen LogP contribution in [0.15, 0.2) is 79.0 Å². The van der Waals surface area contributed by atoms with Crippen molar-refractivity contribution in [2.45, 2.75) is 44.5 Å². The lowest BCUT2D eigenvalue weighted by Crippen LogP contribution is -2.41. The van der Waals surface area contributed by atoms with E-state index in [1.54, 1.807) is 31.3 Å². The Labute approximate surface area is 274 Å². The van der Waals surface area contributed by atoms with E-state index in [1.165, 1.54) is 16.8 Å². The molecule has 48 heavy (non-hydrogen) atoms. The van der Waals surface area contributed by atoms with Crippen LogP contribution < -0.4 is 20.7 Å². The molecule has 2 aliphatic heterocycles. The van der Waals surface area contributed by atoms with Gasteiger partial charge in [-0.1, -0.05) is 48.5 Å². The first-order valence-corrected chi connectivity index (χ1v) is 15.7. The average molecular weight is 658 g/mol. The SMILES string of the molecule is Cc1ccn(-c2cc(-c3ccc4ccccc4c3)ccc2C(Oc2cc(N3CCC4(CC3)CN[C@H](C(=O)O)C4)nc(N)n2)C(F)(F)F)n1. The molecule has 1 unspecified atom stereocenters. The molecule has 4 N–H and O–H groups in total. The van der Waals surface area contributed by atoms with Crippen LogP contribution in [-0.4, -0.2) is 62.7 Å². The summed E-state index contributed by atoms with van der Waals surface area (Å²) in [5.74, 6) is -1.04. The van der Waals surface area contributed by atoms with Crippen molar-refractivity contribution in [1.82, 2.24) is 25.1 Å². The number of benzene rings is 3. The average Bonchev–Trinajstić information content (AvgIpc) is 3.69. The minimum atomic E-state index is -4.82. The van der Waals surface area contributed by atoms with Gasteiger partial charge in [-0.05, 0) is 71.7 Å². The third-order valence-corrected chi connectivity index (χ3v) is 9.41. The number of anilines is 2. The highest BCUT2D eigenvalue weighted by molar-refractivity contribution is 5.87. The highest BCUT2D eigenvalue weighted by Gasteiger charge is 2.46. The minimum absolute atomic E-state index is 0.143. The summed E-state index contributed by atoms with van der Waals surface area (Å²) in [7, 11) is 0. The van der Waals surface area contributed by atoms with Gasteiger partial charge in [0.2, 0.25) is 17.9 Å². The molecule has 0 bridgehead atoms. The highest BCUT2D eigenvalue weighted by atomic mass is 19.4. The molecular weight excluding hydrogens is 623 g/mol. The van der Waals surface area contributed by atoms with Crippen LogP contribution in [0.4, 0.5) is 24.9 Å². The number of halogens is 3. The number of nitrogen functional groups attached to an aromatic ring is 1. The Morgan fingerprint density at radius 1 is 1.02 bits per heavy atom. The van der Waals surface area contributed by atoms with Crippen molar-refractivity contribution < 1.29 is 27.8 Å². The van der Waals surface area contributed by atoms with Crippen LogP contribution in [0.1, 0.15) is 36.6 Å². The molecule has 1 spiro atoms. The van der Waals surface area contributed by atoms with Gasteiger partial charge in [-0.25, -0.2) is 4.68 Å². The summed E-state index contributed by atoms with van der Waals surface area (Å²) in [6.07, 6.45) is -3.67. The van der Waals surface area contributed by atoms with Crippen LogP contribution in [0.5, 0.6) is 5.88 Å². The number of hydrogen-bond donors (Lipinski definition) is 3. The van der Waals surface area contributed by atoms with Crippen molar-refractivity contribution in [2.75, 3.05) is 30.3 Å². The standard InChI is InChI=1S/C35H34F3N7O3/c1-21-10-13-45(43-21)28-17-25(24-7-6-22-4-2-3-5-23(22)16-24)8-9-26(28)31(35(36,37)38)48-30-18-29(41-33(39)42-30)44-14-11-34(12-15-44)19-27(32(46)47)40-20-34/h2-10,13,16-18,27,31,40H,11-12,14-15,19-20H2,1H3,(H,46,47)(H2,39,41,42)/t27-,31?/m0/s1. The summed E-state index contributed by atoms with van der Waals surface area (Å²) in [6.45, 7) is 3.43. The Bertz CT molecular complexity index is 1990. The molecule has 5 aromatic rings. The number of aliphatic carboxylic acids is 1. The number of nitrogens with zero attached hydrogens (tertiary/aromatic N) is 5. The van der Waals surface area contributed by atoms with Gasteiger partial charge >= 0.3 is 12.1 Å². The largest absolute Gasteiger partial charge is 0.480 e. The smallest absolute Gasteiger partial charge is 0.429 e. The topological polar surface area (TPSA) is 131 Å². The van der Waals surface area contributed by atoms with Gasteiger partial charge in [0.15, 0.2) is 0 Å². The summed E-state index contributed by atoms with van der Waals surface area (Å²) in [6, 6.07) is 21.1. The van der Waals surface area contributed by atoms with Gasteiger partial charge in [0.1, 0.15) is 11.9 Å². The van der Waals surface area contributed by atoms with Crippen LogP contribution >= 0.6 is 0 Å². The normalized spacial score (nSPS) is 18.3. The molecule has 0 saturated carbocycles. The second-order valence-corrected chi connectivity index (χ2v) is 12.7. The zero-order valence-corrected chi connectivity index (χ0v) is 26.1. The summed E-state index contributed by atoms with van der Waals surface area (Å²) in [5, 5.41) is 19.0. The summed E-state index contributed by atoms with van der Waals surface area (Å²) < 4.78 is 51.9. The Morgan fingerprint density at radius 3 is 2.44 bits per heavy atom. The van der Waals surface area contributed by atoms with Gasteiger partial charge in [-0.15, -0.1) is 0 Å². The van der Waals surface area contributed by atoms with Crippen LogP contribution in [0.3, 0.4) is 0 Å². The van der Waals surface area contributed by atoms with E-state index in [-0.39, 0.29) is 28.5 Å². The lowest BCUT2D eigenvalue weighted by Gasteiger charge is -2.39. The van der Waals surface area contributed by atoms with E-state index >= 15 is 0 Å². The highest BCUT2D eigenvalue weighted by Crippen LogP contribution is 2.43. The minimum Gasteiger partial charge on any atom is -0.480 e. The molecule has 13 heteroatoms. The van der Waals surface area contributed by atoms with E-state index in [2.05, 4.69) is 20.4 Å². The number of ether oxygens (including phenoxy) is 1. The number of rotatable bonds is 7. The molecule has 2 aliphatic rings. The first kappa shape index (κ1) is 31.4. The molecule has 2 aromatic heterocycles. The van der Waals surface area contributed by atoms with E-state index in [0.29, 0.717) is 50.4 Å². The molecule has 7 rings (SSSR count). The molecule has 2 saturated heterocycles. The van der Waals surface area contributed by atoms with E-state index in [0.717, 1.165) is 21.9 Å². The van der Waals surface area contributed by atoms with Crippen LogP contribution in [-0.2, 0) is 4.79 Å². The molecule has 2 atom stereocenters. The monoisotopic (exact) mass is 657 g/mol. The van der Waals surface area contributed by atoms with Gasteiger partial charge in [-0.3, -0.25) is 4.79 Å². The van der Waals surface area contributed by atoms with Gasteiger partial charge in [0.25, 0.3) is 0 Å². The number of carbonyl (C=O) groups is 1. The number of aromatic nitrogens is 4. The number of hydrogen-bond acceptors (Lipinski definition) is 8. The number of carboxylic acids is 1. The Kier molecular flexibility index (Phi) is 7.94. The van der Waals surface area contributed by atoms with Gasteiger partial charge in [-0.2, -0.15) is 28.2 Å². The van der Waals surface area contributed by atoms with Crippen molar-refractivity contribution in [3.8, 4) is 22.7 Å². The second-order valence-electron chi connectivity index (χ2n) is 12.7. The number of aryl methyl sites for hydroxylation is 1. The van der Waals surface area contributed by atoms with Gasteiger partial charge in [0.05, 0.1) is 11.4 Å². The number of nitrogens with two attached hydrogens (primary N) is 1. The lowest BCUT2D eigenvalue weighted by atomic mass is 9.76. The molecule has 0 amide bonds. The fourth-order valence-corrected chi connectivity index (χ4v) is 6.82. The molecular formula is C35H34F3N7O3. The quantitative estimate of drug-likeness (QED) is 0.190. The molecule has 10 nitrogen and oxygen atoms in total.